The van der Waals surface area contributed by atoms with Gasteiger partial charge >= 0.3 is 99.8 Å². The molecule has 1 atom stereocenters. The fraction of sp³-hybridized carbons (Fsp3) is 0.143. The molecule has 7 aromatic rings. The van der Waals surface area contributed by atoms with Crippen LogP contribution in [0.3, 0.4) is 0 Å². The van der Waals surface area contributed by atoms with E-state index in [-0.39, 0.29) is 26.0 Å². The van der Waals surface area contributed by atoms with Crippen LogP contribution < -0.4 is 4.40 Å². The molecule has 1 aliphatic heterocycles. The zero-order valence-corrected chi connectivity index (χ0v) is 31.8. The van der Waals surface area contributed by atoms with Crippen LogP contribution in [-0.4, -0.2) is 24.0 Å². The summed E-state index contributed by atoms with van der Waals surface area (Å²) < 4.78 is 7.77. The number of pyridine rings is 1. The summed E-state index contributed by atoms with van der Waals surface area (Å²) in [5.41, 5.74) is 11.9. The van der Waals surface area contributed by atoms with E-state index in [4.69, 9.17) is 9.41 Å². The van der Waals surface area contributed by atoms with Crippen molar-refractivity contribution in [3.05, 3.63) is 161 Å². The first-order valence-corrected chi connectivity index (χ1v) is 23.1. The van der Waals surface area contributed by atoms with Gasteiger partial charge in [-0.1, -0.05) is 65.5 Å². The number of aryl methyl sites for hydroxylation is 2. The average Bonchev–Trinajstić information content (AvgIpc) is 3.64. The van der Waals surface area contributed by atoms with E-state index in [0.717, 1.165) is 50.2 Å². The maximum atomic E-state index is 6.33. The van der Waals surface area contributed by atoms with E-state index in [0.29, 0.717) is 0 Å². The second-order valence-electron chi connectivity index (χ2n) is 12.9. The molecule has 2 aromatic heterocycles. The van der Waals surface area contributed by atoms with Gasteiger partial charge in [-0.25, -0.2) is 0 Å². The number of rotatable bonds is 4. The molecular weight excluding hydrogens is 813 g/mol. The van der Waals surface area contributed by atoms with E-state index in [1.807, 2.05) is 48.7 Å². The second-order valence-corrected chi connectivity index (χ2v) is 23.6. The fourth-order valence-corrected chi connectivity index (χ4v) is 8.55. The van der Waals surface area contributed by atoms with Gasteiger partial charge in [-0.3, -0.25) is 4.99 Å². The molecule has 1 unspecified atom stereocenters. The third-order valence-electron chi connectivity index (χ3n) is 8.80. The van der Waals surface area contributed by atoms with Crippen LogP contribution in [0, 0.1) is 26.0 Å². The van der Waals surface area contributed by atoms with Gasteiger partial charge in [-0.05, 0) is 53.9 Å². The summed E-state index contributed by atoms with van der Waals surface area (Å²) in [6, 6.07) is 46.2. The summed E-state index contributed by atoms with van der Waals surface area (Å²) in [7, 11) is 0. The summed E-state index contributed by atoms with van der Waals surface area (Å²) in [5, 5.41) is 2.24. The van der Waals surface area contributed by atoms with Crippen molar-refractivity contribution in [2.24, 2.45) is 4.99 Å². The number of aliphatic imine (C=N–C) groups is 1. The van der Waals surface area contributed by atoms with Crippen LogP contribution in [0.4, 0.5) is 5.69 Å². The topological polar surface area (TPSA) is 38.4 Å². The molecule has 0 amide bonds. The Bertz CT molecular complexity index is 2190. The van der Waals surface area contributed by atoms with Crippen molar-refractivity contribution in [1.82, 2.24) is 4.98 Å². The van der Waals surface area contributed by atoms with Gasteiger partial charge in [0.15, 0.2) is 0 Å². The molecule has 235 valence electrons. The van der Waals surface area contributed by atoms with Gasteiger partial charge in [0.25, 0.3) is 0 Å². The minimum Gasteiger partial charge on any atom is 0 e. The molecule has 8 rings (SSSR count). The smallest absolute Gasteiger partial charge is 0 e. The Morgan fingerprint density at radius 3 is 2.17 bits per heavy atom. The van der Waals surface area contributed by atoms with Crippen molar-refractivity contribution >= 4 is 51.0 Å². The van der Waals surface area contributed by atoms with Crippen LogP contribution in [0.5, 0.6) is 0 Å². The third-order valence-corrected chi connectivity index (χ3v) is 13.1. The van der Waals surface area contributed by atoms with Crippen molar-refractivity contribution in [2.45, 2.75) is 37.0 Å². The molecule has 0 saturated heterocycles. The van der Waals surface area contributed by atoms with Crippen LogP contribution in [0.2, 0.25) is 17.3 Å². The Balaban J connectivity index is 0.000000194. The third kappa shape index (κ3) is 6.43. The largest absolute Gasteiger partial charge is 0 e. The standard InChI is InChI=1S/C28H20NO.C14H16GeN.Ir/c1-17-9-7-10-18(2)25(17)26-21-12-3-5-15-23(21)29-27(26)22-14-8-13-20-19-11-4-6-16-24(19)30-28(20)22;1-15(2,3)13-9-10-14(16-11-13)12-7-5-4-6-8-12;/h3-13,15-16,26H,1-2H3;4-7,9-11H,1-3H3;/q2*-1;. The zero-order valence-electron chi connectivity index (χ0n) is 27.3. The van der Waals surface area contributed by atoms with Crippen molar-refractivity contribution in [1.29, 1.82) is 0 Å². The van der Waals surface area contributed by atoms with Gasteiger partial charge in [0.1, 0.15) is 5.58 Å². The van der Waals surface area contributed by atoms with Gasteiger partial charge in [0, 0.05) is 31.4 Å². The normalized spacial score (nSPS) is 13.8. The number of hydrogen-bond donors (Lipinski definition) is 0. The molecule has 0 N–H and O–H groups in total. The summed E-state index contributed by atoms with van der Waals surface area (Å²) in [4.78, 5) is 9.64. The maximum Gasteiger partial charge on any atom is 0 e. The summed E-state index contributed by atoms with van der Waals surface area (Å²) in [6.07, 6.45) is 2.04. The minimum absolute atomic E-state index is 0. The van der Waals surface area contributed by atoms with Crippen molar-refractivity contribution in [3.63, 3.8) is 0 Å². The molecule has 0 fully saturated rings. The molecular formula is C42H36GeIrN2O-2. The predicted molar refractivity (Wildman–Crippen MR) is 194 cm³/mol. The van der Waals surface area contributed by atoms with Crippen molar-refractivity contribution < 1.29 is 24.5 Å². The first-order chi connectivity index (χ1) is 22.3. The number of benzene rings is 5. The van der Waals surface area contributed by atoms with Crippen molar-refractivity contribution in [3.8, 4) is 11.3 Å². The summed E-state index contributed by atoms with van der Waals surface area (Å²) in [5.74, 6) is 7.21. The number of para-hydroxylation sites is 2. The number of fused-ring (bicyclic) bond motifs is 4. The van der Waals surface area contributed by atoms with E-state index in [2.05, 4.69) is 121 Å². The van der Waals surface area contributed by atoms with Gasteiger partial charge < -0.3 is 4.42 Å². The van der Waals surface area contributed by atoms with Gasteiger partial charge in [0.05, 0.1) is 11.3 Å². The zero-order chi connectivity index (χ0) is 31.8. The number of aromatic nitrogens is 1. The quantitative estimate of drug-likeness (QED) is 0.131. The molecule has 1 aliphatic rings. The average molecular weight is 850 g/mol. The molecule has 1 radical (unpaired) electrons. The first-order valence-electron chi connectivity index (χ1n) is 15.8. The molecule has 5 aromatic carbocycles. The Hall–Kier alpha value is -4.09. The van der Waals surface area contributed by atoms with Crippen LogP contribution in [0.1, 0.15) is 33.7 Å². The maximum absolute atomic E-state index is 6.33. The summed E-state index contributed by atoms with van der Waals surface area (Å²) >= 11 is -1.72. The molecule has 47 heavy (non-hydrogen) atoms. The Kier molecular flexibility index (Phi) is 9.48. The molecule has 3 heterocycles. The number of hydrogen-bond acceptors (Lipinski definition) is 3. The predicted octanol–water partition coefficient (Wildman–Crippen LogP) is 10.4. The van der Waals surface area contributed by atoms with Crippen LogP contribution in [0.15, 0.2) is 131 Å². The number of nitrogens with zero attached hydrogens (tertiary/aromatic N) is 2. The Morgan fingerprint density at radius 1 is 0.702 bits per heavy atom. The Morgan fingerprint density at radius 2 is 1.45 bits per heavy atom. The van der Waals surface area contributed by atoms with E-state index in [1.165, 1.54) is 26.6 Å². The molecule has 0 spiro atoms. The van der Waals surface area contributed by atoms with E-state index >= 15 is 0 Å². The summed E-state index contributed by atoms with van der Waals surface area (Å²) in [6.45, 7) is 4.37. The van der Waals surface area contributed by atoms with Crippen LogP contribution in [-0.2, 0) is 20.1 Å². The van der Waals surface area contributed by atoms with E-state index in [9.17, 15) is 0 Å². The second kappa shape index (κ2) is 13.6. The van der Waals surface area contributed by atoms with Crippen LogP contribution in [0.25, 0.3) is 33.2 Å². The molecule has 0 bridgehead atoms. The number of furan rings is 1. The van der Waals surface area contributed by atoms with Gasteiger partial charge in [-0.15, -0.1) is 18.2 Å². The molecule has 5 heteroatoms. The monoisotopic (exact) mass is 851 g/mol. The molecule has 0 saturated carbocycles. The van der Waals surface area contributed by atoms with Gasteiger partial charge in [0.2, 0.25) is 0 Å². The SMILES string of the molecule is Cc1cccc(C)c1C1C(c2[c-]ccc3c2oc2ccccc23)=Nc2ccccc21.[CH3][Ge]([CH3])([CH3])[c]1ccc(-c2[c-]cccc2)nc1.[Ir]. The molecule has 0 aliphatic carbocycles. The van der Waals surface area contributed by atoms with E-state index < -0.39 is 13.3 Å². The first kappa shape index (κ1) is 32.8. The van der Waals surface area contributed by atoms with Crippen LogP contribution >= 0.6 is 0 Å². The van der Waals surface area contributed by atoms with Gasteiger partial charge in [-0.2, -0.15) is 0 Å². The van der Waals surface area contributed by atoms with Crippen molar-refractivity contribution in [2.75, 3.05) is 0 Å². The minimum atomic E-state index is -1.72. The fourth-order valence-electron chi connectivity index (χ4n) is 6.38. The van der Waals surface area contributed by atoms with E-state index in [1.54, 1.807) is 0 Å². The Labute approximate surface area is 293 Å². The molecule has 3 nitrogen and oxygen atoms in total.